The Kier molecular flexibility index (Phi) is 12.5. The van der Waals surface area contributed by atoms with Crippen LogP contribution < -0.4 is 0 Å². The molecule has 4 aliphatic rings. The van der Waals surface area contributed by atoms with Gasteiger partial charge in [-0.1, -0.05) is 0 Å². The third-order valence-corrected chi connectivity index (χ3v) is 8.24. The minimum Gasteiger partial charge on any atom is -0.394 e. The highest BCUT2D eigenvalue weighted by Crippen LogP contribution is 2.38. The van der Waals surface area contributed by atoms with Gasteiger partial charge < -0.3 is 105 Å². The summed E-state index contributed by atoms with van der Waals surface area (Å²) < 4.78 is 38.0. The summed E-state index contributed by atoms with van der Waals surface area (Å²) in [4.78, 5) is 0. The van der Waals surface area contributed by atoms with Crippen molar-refractivity contribution in [3.63, 3.8) is 0 Å². The van der Waals surface area contributed by atoms with Gasteiger partial charge in [-0.3, -0.25) is 0 Å². The summed E-state index contributed by atoms with van der Waals surface area (Å²) in [5, 5.41) is 142. The minimum absolute atomic E-state index is 0.729. The van der Waals surface area contributed by atoms with Crippen LogP contribution >= 0.6 is 0 Å². The smallest absolute Gasteiger partial charge is 0.224 e. The summed E-state index contributed by atoms with van der Waals surface area (Å²) in [6, 6.07) is 0. The van der Waals surface area contributed by atoms with E-state index in [1.807, 2.05) is 0 Å². The first-order chi connectivity index (χ1) is 21.2. The predicted octanol–water partition coefficient (Wildman–Crippen LogP) is -9.75. The predicted molar refractivity (Wildman–Crippen MR) is 134 cm³/mol. The first-order valence-electron chi connectivity index (χ1n) is 14.1. The van der Waals surface area contributed by atoms with Crippen molar-refractivity contribution < 1.29 is 105 Å². The zero-order valence-electron chi connectivity index (χ0n) is 23.5. The zero-order chi connectivity index (χ0) is 33.4. The minimum atomic E-state index is -2.57. The van der Waals surface area contributed by atoms with Crippen LogP contribution in [-0.4, -0.2) is 221 Å². The van der Waals surface area contributed by atoms with Crippen LogP contribution in [0.25, 0.3) is 0 Å². The van der Waals surface area contributed by atoms with Crippen LogP contribution in [0, 0.1) is 0 Å². The van der Waals surface area contributed by atoms with Crippen molar-refractivity contribution in [2.75, 3.05) is 33.0 Å². The third-order valence-electron chi connectivity index (χ3n) is 8.24. The molecule has 0 aromatic heterocycles. The summed E-state index contributed by atoms with van der Waals surface area (Å²) >= 11 is 0. The van der Waals surface area contributed by atoms with E-state index >= 15 is 0 Å². The van der Waals surface area contributed by atoms with E-state index in [9.17, 15) is 71.5 Å². The average Bonchev–Trinajstić information content (AvgIpc) is 3.27. The van der Waals surface area contributed by atoms with E-state index in [-0.39, 0.29) is 0 Å². The fourth-order valence-electron chi connectivity index (χ4n) is 5.40. The SMILES string of the molecule is OC[C@H]1O[C@H](OC[C@H]2O[C@H](O[C@]3(CO[C@H]4O[C@H](CO)[C@H](O)[C@H](O)[C@H]4O)O[C@H](CO)[C@@H](O)[C@@H]3O)[C@H](O)[C@@H](O)[C@@H]2O)[C@H](O)[C@@H](O)[C@H]1O. The highest BCUT2D eigenvalue weighted by atomic mass is 16.8. The number of aliphatic hydroxyl groups excluding tert-OH is 14. The van der Waals surface area contributed by atoms with Crippen LogP contribution in [0.3, 0.4) is 0 Å². The molecule has 4 fully saturated rings. The van der Waals surface area contributed by atoms with Crippen LogP contribution in [0.15, 0.2) is 0 Å². The summed E-state index contributed by atoms with van der Waals surface area (Å²) in [6.45, 7) is -4.15. The fourth-order valence-corrected chi connectivity index (χ4v) is 5.40. The molecule has 0 amide bonds. The van der Waals surface area contributed by atoms with Gasteiger partial charge in [-0.2, -0.15) is 0 Å². The topological polar surface area (TPSA) is 348 Å². The van der Waals surface area contributed by atoms with Gasteiger partial charge in [-0.15, -0.1) is 0 Å². The molecule has 0 aromatic carbocycles. The van der Waals surface area contributed by atoms with Crippen molar-refractivity contribution in [1.82, 2.24) is 0 Å². The monoisotopic (exact) mass is 666 g/mol. The van der Waals surface area contributed by atoms with E-state index in [0.717, 1.165) is 0 Å². The number of ether oxygens (including phenoxy) is 7. The molecule has 0 spiro atoms. The standard InChI is InChI=1S/C24H42O21/c25-1-6-10(28)14(32)17(35)21(41-6)39-4-9-12(30)16(34)19(37)23(43-9)45-24(20(38)13(31)8(3-27)44-24)5-40-22-18(36)15(33)11(29)7(2-26)42-22/h6-23,25-38H,1-5H2/t6-,7-,8-,9-,10+,11+,12-,13-,14+,15+,16+,17-,18-,19-,20+,21+,22+,23-,24+/m1/s1. The molecule has 0 saturated carbocycles. The molecular formula is C24H42O21. The zero-order valence-corrected chi connectivity index (χ0v) is 23.5. The van der Waals surface area contributed by atoms with Gasteiger partial charge >= 0.3 is 0 Å². The Morgan fingerprint density at radius 3 is 1.33 bits per heavy atom. The molecule has 0 aromatic rings. The Bertz CT molecular complexity index is 929. The molecule has 0 radical (unpaired) electrons. The molecule has 4 aliphatic heterocycles. The quantitative estimate of drug-likeness (QED) is 0.0973. The lowest BCUT2D eigenvalue weighted by molar-refractivity contribution is -0.399. The maximum atomic E-state index is 10.9. The van der Waals surface area contributed by atoms with Gasteiger partial charge in [0.25, 0.3) is 0 Å². The summed E-state index contributed by atoms with van der Waals surface area (Å²) in [7, 11) is 0. The molecule has 21 heteroatoms. The molecule has 0 aliphatic carbocycles. The Balaban J connectivity index is 1.50. The lowest BCUT2D eigenvalue weighted by Gasteiger charge is -2.45. The van der Waals surface area contributed by atoms with Crippen LogP contribution in [0.5, 0.6) is 0 Å². The lowest BCUT2D eigenvalue weighted by Crippen LogP contribution is -2.64. The molecule has 264 valence electrons. The van der Waals surface area contributed by atoms with Crippen LogP contribution in [0.4, 0.5) is 0 Å². The molecule has 14 N–H and O–H groups in total. The molecule has 0 unspecified atom stereocenters. The van der Waals surface area contributed by atoms with E-state index < -0.39 is 149 Å². The van der Waals surface area contributed by atoms with E-state index in [2.05, 4.69) is 0 Å². The second-order valence-corrected chi connectivity index (χ2v) is 11.3. The molecule has 19 atom stereocenters. The van der Waals surface area contributed by atoms with Gasteiger partial charge in [0.1, 0.15) is 98.2 Å². The largest absolute Gasteiger partial charge is 0.394 e. The van der Waals surface area contributed by atoms with Gasteiger partial charge in [-0.05, 0) is 0 Å². The van der Waals surface area contributed by atoms with Crippen molar-refractivity contribution in [1.29, 1.82) is 0 Å². The van der Waals surface area contributed by atoms with Gasteiger partial charge in [0, 0.05) is 0 Å². The normalized spacial score (nSPS) is 52.7. The molecule has 4 saturated heterocycles. The highest BCUT2D eigenvalue weighted by Gasteiger charge is 2.60. The number of rotatable bonds is 11. The van der Waals surface area contributed by atoms with E-state index in [4.69, 9.17) is 33.2 Å². The van der Waals surface area contributed by atoms with Crippen molar-refractivity contribution in [3.05, 3.63) is 0 Å². The fraction of sp³-hybridized carbons (Fsp3) is 1.00. The Morgan fingerprint density at radius 1 is 0.444 bits per heavy atom. The maximum Gasteiger partial charge on any atom is 0.224 e. The van der Waals surface area contributed by atoms with Gasteiger partial charge in [-0.25, -0.2) is 0 Å². The summed E-state index contributed by atoms with van der Waals surface area (Å²) in [6.07, 6.45) is -32.0. The van der Waals surface area contributed by atoms with Crippen molar-refractivity contribution >= 4 is 0 Å². The van der Waals surface area contributed by atoms with Crippen molar-refractivity contribution in [2.24, 2.45) is 0 Å². The summed E-state index contributed by atoms with van der Waals surface area (Å²) in [5.41, 5.74) is 0. The maximum absolute atomic E-state index is 10.9. The van der Waals surface area contributed by atoms with Gasteiger partial charge in [0.15, 0.2) is 18.9 Å². The molecule has 45 heavy (non-hydrogen) atoms. The number of hydrogen-bond donors (Lipinski definition) is 14. The summed E-state index contributed by atoms with van der Waals surface area (Å²) in [5.74, 6) is -2.57. The first-order valence-corrected chi connectivity index (χ1v) is 14.1. The highest BCUT2D eigenvalue weighted by molar-refractivity contribution is 5.00. The lowest BCUT2D eigenvalue weighted by atomic mass is 9.98. The average molecular weight is 667 g/mol. The number of aliphatic hydroxyl groups is 14. The van der Waals surface area contributed by atoms with E-state index in [0.29, 0.717) is 0 Å². The van der Waals surface area contributed by atoms with Crippen molar-refractivity contribution in [3.8, 4) is 0 Å². The Hall–Kier alpha value is -0.840. The number of hydrogen-bond acceptors (Lipinski definition) is 21. The van der Waals surface area contributed by atoms with Gasteiger partial charge in [0.2, 0.25) is 5.79 Å². The van der Waals surface area contributed by atoms with E-state index in [1.54, 1.807) is 0 Å². The molecule has 4 heterocycles. The van der Waals surface area contributed by atoms with Crippen LogP contribution in [0.1, 0.15) is 0 Å². The molecule has 4 rings (SSSR count). The second-order valence-electron chi connectivity index (χ2n) is 11.3. The van der Waals surface area contributed by atoms with Crippen molar-refractivity contribution in [2.45, 2.75) is 116 Å². The van der Waals surface area contributed by atoms with Gasteiger partial charge in [0.05, 0.1) is 26.4 Å². The molecular weight excluding hydrogens is 624 g/mol. The van der Waals surface area contributed by atoms with Crippen LogP contribution in [-0.2, 0) is 33.2 Å². The van der Waals surface area contributed by atoms with E-state index in [1.165, 1.54) is 0 Å². The first kappa shape index (κ1) is 37.0. The Morgan fingerprint density at radius 2 is 0.867 bits per heavy atom. The molecule has 0 bridgehead atoms. The second kappa shape index (κ2) is 15.1. The third kappa shape index (κ3) is 7.29. The Labute approximate surface area is 254 Å². The molecule has 21 nitrogen and oxygen atoms in total. The van der Waals surface area contributed by atoms with Crippen LogP contribution in [0.2, 0.25) is 0 Å².